The summed E-state index contributed by atoms with van der Waals surface area (Å²) in [5, 5.41) is 3.44. The normalized spacial score (nSPS) is 22.6. The Hall–Kier alpha value is -1.42. The second-order valence-corrected chi connectivity index (χ2v) is 4.75. The summed E-state index contributed by atoms with van der Waals surface area (Å²) in [6, 6.07) is 3.92. The number of piperidine rings is 1. The van der Waals surface area contributed by atoms with Gasteiger partial charge in [-0.1, -0.05) is 0 Å². The SMILES string of the molecule is COc1ccc2c(c1C1CCCNC1)OCCO2. The van der Waals surface area contributed by atoms with Gasteiger partial charge in [-0.25, -0.2) is 0 Å². The number of fused-ring (bicyclic) bond motifs is 1. The Kier molecular flexibility index (Phi) is 3.28. The van der Waals surface area contributed by atoms with Gasteiger partial charge in [0.25, 0.3) is 0 Å². The largest absolute Gasteiger partial charge is 0.496 e. The maximum Gasteiger partial charge on any atom is 0.168 e. The lowest BCUT2D eigenvalue weighted by Gasteiger charge is -2.29. The van der Waals surface area contributed by atoms with E-state index in [-0.39, 0.29) is 0 Å². The molecule has 1 aromatic carbocycles. The van der Waals surface area contributed by atoms with Crippen molar-refractivity contribution >= 4 is 0 Å². The van der Waals surface area contributed by atoms with Gasteiger partial charge >= 0.3 is 0 Å². The Morgan fingerprint density at radius 2 is 2.17 bits per heavy atom. The van der Waals surface area contributed by atoms with Crippen LogP contribution in [-0.2, 0) is 0 Å². The van der Waals surface area contributed by atoms with Crippen LogP contribution in [0.15, 0.2) is 12.1 Å². The minimum atomic E-state index is 0.449. The van der Waals surface area contributed by atoms with Crippen LogP contribution in [0, 0.1) is 0 Å². The Morgan fingerprint density at radius 3 is 2.94 bits per heavy atom. The summed E-state index contributed by atoms with van der Waals surface area (Å²) in [5.41, 5.74) is 1.17. The van der Waals surface area contributed by atoms with E-state index in [0.29, 0.717) is 19.1 Å². The molecule has 98 valence electrons. The molecule has 1 N–H and O–H groups in total. The first kappa shape index (κ1) is 11.7. The molecule has 1 fully saturated rings. The van der Waals surface area contributed by atoms with Crippen LogP contribution in [0.2, 0.25) is 0 Å². The van der Waals surface area contributed by atoms with Gasteiger partial charge in [0.15, 0.2) is 11.5 Å². The van der Waals surface area contributed by atoms with Crippen molar-refractivity contribution in [2.75, 3.05) is 33.4 Å². The zero-order valence-electron chi connectivity index (χ0n) is 10.7. The molecule has 0 aliphatic carbocycles. The van der Waals surface area contributed by atoms with Crippen molar-refractivity contribution in [1.29, 1.82) is 0 Å². The van der Waals surface area contributed by atoms with Crippen LogP contribution in [0.25, 0.3) is 0 Å². The number of methoxy groups -OCH3 is 1. The molecule has 0 radical (unpaired) electrons. The van der Waals surface area contributed by atoms with Crippen LogP contribution in [0.3, 0.4) is 0 Å². The lowest BCUT2D eigenvalue weighted by atomic mass is 9.90. The first-order valence-corrected chi connectivity index (χ1v) is 6.57. The van der Waals surface area contributed by atoms with Crippen LogP contribution in [0.5, 0.6) is 17.2 Å². The maximum atomic E-state index is 5.82. The fraction of sp³-hybridized carbons (Fsp3) is 0.571. The molecule has 1 unspecified atom stereocenters. The maximum absolute atomic E-state index is 5.82. The fourth-order valence-corrected chi connectivity index (χ4v) is 2.78. The molecule has 0 amide bonds. The van der Waals surface area contributed by atoms with Gasteiger partial charge in [-0.15, -0.1) is 0 Å². The van der Waals surface area contributed by atoms with Crippen molar-refractivity contribution in [3.63, 3.8) is 0 Å². The van der Waals surface area contributed by atoms with Crippen LogP contribution in [-0.4, -0.2) is 33.4 Å². The van der Waals surface area contributed by atoms with E-state index in [1.165, 1.54) is 18.4 Å². The summed E-state index contributed by atoms with van der Waals surface area (Å²) in [4.78, 5) is 0. The van der Waals surface area contributed by atoms with E-state index in [0.717, 1.165) is 30.3 Å². The number of nitrogens with one attached hydrogen (secondary N) is 1. The Labute approximate surface area is 107 Å². The van der Waals surface area contributed by atoms with E-state index in [4.69, 9.17) is 14.2 Å². The Morgan fingerprint density at radius 1 is 1.28 bits per heavy atom. The first-order chi connectivity index (χ1) is 8.90. The molecule has 0 saturated carbocycles. The molecule has 3 rings (SSSR count). The van der Waals surface area contributed by atoms with Crippen molar-refractivity contribution in [2.45, 2.75) is 18.8 Å². The number of ether oxygens (including phenoxy) is 3. The molecule has 2 heterocycles. The number of hydrogen-bond acceptors (Lipinski definition) is 4. The lowest BCUT2D eigenvalue weighted by molar-refractivity contribution is 0.167. The summed E-state index contributed by atoms with van der Waals surface area (Å²) in [6.45, 7) is 3.33. The highest BCUT2D eigenvalue weighted by Gasteiger charge is 2.27. The number of rotatable bonds is 2. The van der Waals surface area contributed by atoms with Gasteiger partial charge in [-0.2, -0.15) is 0 Å². The third-order valence-corrected chi connectivity index (χ3v) is 3.63. The van der Waals surface area contributed by atoms with Crippen molar-refractivity contribution in [1.82, 2.24) is 5.32 Å². The van der Waals surface area contributed by atoms with Gasteiger partial charge in [-0.3, -0.25) is 0 Å². The average Bonchev–Trinajstić information content (AvgIpc) is 2.47. The van der Waals surface area contributed by atoms with Gasteiger partial charge in [0.05, 0.1) is 7.11 Å². The average molecular weight is 249 g/mol. The van der Waals surface area contributed by atoms with E-state index >= 15 is 0 Å². The Balaban J connectivity index is 2.03. The number of benzene rings is 1. The molecule has 0 spiro atoms. The van der Waals surface area contributed by atoms with Crippen LogP contribution >= 0.6 is 0 Å². The molecule has 0 bridgehead atoms. The van der Waals surface area contributed by atoms with Gasteiger partial charge in [0.1, 0.15) is 19.0 Å². The van der Waals surface area contributed by atoms with Crippen LogP contribution in [0.4, 0.5) is 0 Å². The molecule has 1 atom stereocenters. The standard InChI is InChI=1S/C14H19NO3/c1-16-11-4-5-12-14(18-8-7-17-12)13(11)10-3-2-6-15-9-10/h4-5,10,15H,2-3,6-9H2,1H3. The van der Waals surface area contributed by atoms with Crippen molar-refractivity contribution in [3.8, 4) is 17.2 Å². The predicted octanol–water partition coefficient (Wildman–Crippen LogP) is 1.93. The van der Waals surface area contributed by atoms with Gasteiger partial charge in [0.2, 0.25) is 0 Å². The van der Waals surface area contributed by atoms with Crippen molar-refractivity contribution in [2.24, 2.45) is 0 Å². The fourth-order valence-electron chi connectivity index (χ4n) is 2.78. The molecule has 1 saturated heterocycles. The lowest BCUT2D eigenvalue weighted by Crippen LogP contribution is -2.29. The first-order valence-electron chi connectivity index (χ1n) is 6.57. The van der Waals surface area contributed by atoms with Gasteiger partial charge in [0, 0.05) is 18.0 Å². The van der Waals surface area contributed by atoms with E-state index < -0.39 is 0 Å². The molecule has 4 nitrogen and oxygen atoms in total. The molecule has 18 heavy (non-hydrogen) atoms. The van der Waals surface area contributed by atoms with Gasteiger partial charge < -0.3 is 19.5 Å². The van der Waals surface area contributed by atoms with Crippen molar-refractivity contribution in [3.05, 3.63) is 17.7 Å². The smallest absolute Gasteiger partial charge is 0.168 e. The molecular weight excluding hydrogens is 230 g/mol. The molecular formula is C14H19NO3. The molecule has 4 heteroatoms. The summed E-state index contributed by atoms with van der Waals surface area (Å²) in [7, 11) is 1.71. The monoisotopic (exact) mass is 249 g/mol. The minimum absolute atomic E-state index is 0.449. The molecule has 2 aliphatic rings. The number of hydrogen-bond donors (Lipinski definition) is 1. The molecule has 1 aromatic rings. The topological polar surface area (TPSA) is 39.7 Å². The summed E-state index contributed by atoms with van der Waals surface area (Å²) < 4.78 is 17.0. The zero-order valence-corrected chi connectivity index (χ0v) is 10.7. The zero-order chi connectivity index (χ0) is 12.4. The van der Waals surface area contributed by atoms with E-state index in [9.17, 15) is 0 Å². The van der Waals surface area contributed by atoms with Crippen LogP contribution < -0.4 is 19.5 Å². The van der Waals surface area contributed by atoms with E-state index in [1.54, 1.807) is 7.11 Å². The third kappa shape index (κ3) is 2.01. The second-order valence-electron chi connectivity index (χ2n) is 4.75. The van der Waals surface area contributed by atoms with E-state index in [2.05, 4.69) is 5.32 Å². The highest BCUT2D eigenvalue weighted by atomic mass is 16.6. The summed E-state index contributed by atoms with van der Waals surface area (Å²) in [6.07, 6.45) is 2.36. The van der Waals surface area contributed by atoms with E-state index in [1.807, 2.05) is 12.1 Å². The minimum Gasteiger partial charge on any atom is -0.496 e. The third-order valence-electron chi connectivity index (χ3n) is 3.63. The summed E-state index contributed by atoms with van der Waals surface area (Å²) >= 11 is 0. The molecule has 0 aromatic heterocycles. The predicted molar refractivity (Wildman–Crippen MR) is 68.8 cm³/mol. The van der Waals surface area contributed by atoms with Gasteiger partial charge in [-0.05, 0) is 31.5 Å². The van der Waals surface area contributed by atoms with Crippen molar-refractivity contribution < 1.29 is 14.2 Å². The van der Waals surface area contributed by atoms with Crippen LogP contribution in [0.1, 0.15) is 24.3 Å². The Bertz CT molecular complexity index is 427. The molecule has 2 aliphatic heterocycles. The second kappa shape index (κ2) is 5.06. The quantitative estimate of drug-likeness (QED) is 0.869. The summed E-state index contributed by atoms with van der Waals surface area (Å²) in [5.74, 6) is 3.09. The highest BCUT2D eigenvalue weighted by Crippen LogP contribution is 2.45. The highest BCUT2D eigenvalue weighted by molar-refractivity contribution is 5.56.